The van der Waals surface area contributed by atoms with Crippen molar-refractivity contribution in [1.29, 1.82) is 0 Å². The smallest absolute Gasteiger partial charge is 0.0788 e. The molecule has 29 heavy (non-hydrogen) atoms. The molecular weight excluding hydrogens is 360 g/mol. The molecule has 0 amide bonds. The summed E-state index contributed by atoms with van der Waals surface area (Å²) in [7, 11) is 3.31. The SMILES string of the molecule is COC=CCC(=CCOCC=C(CC=COC)c1ccccc1)c1ccccc1. The number of rotatable bonds is 12. The Balaban J connectivity index is 1.99. The molecule has 0 aromatic heterocycles. The first-order valence-corrected chi connectivity index (χ1v) is 9.77. The molecule has 2 rings (SSSR count). The van der Waals surface area contributed by atoms with Crippen LogP contribution in [0.3, 0.4) is 0 Å². The summed E-state index contributed by atoms with van der Waals surface area (Å²) < 4.78 is 15.9. The Labute approximate surface area is 174 Å². The van der Waals surface area contributed by atoms with E-state index < -0.39 is 0 Å². The molecule has 0 saturated heterocycles. The average molecular weight is 391 g/mol. The topological polar surface area (TPSA) is 27.7 Å². The molecule has 0 aliphatic rings. The van der Waals surface area contributed by atoms with Gasteiger partial charge < -0.3 is 14.2 Å². The molecule has 0 heterocycles. The van der Waals surface area contributed by atoms with Gasteiger partial charge in [0, 0.05) is 0 Å². The third-order valence-electron chi connectivity index (χ3n) is 4.32. The molecule has 0 unspecified atom stereocenters. The highest BCUT2D eigenvalue weighted by molar-refractivity contribution is 5.67. The summed E-state index contributed by atoms with van der Waals surface area (Å²) in [5, 5.41) is 0. The van der Waals surface area contributed by atoms with E-state index in [0.717, 1.165) is 12.8 Å². The van der Waals surface area contributed by atoms with Crippen molar-refractivity contribution in [3.8, 4) is 0 Å². The molecule has 3 heteroatoms. The lowest BCUT2D eigenvalue weighted by Crippen LogP contribution is -1.95. The van der Waals surface area contributed by atoms with Crippen LogP contribution in [0.15, 0.2) is 97.5 Å². The summed E-state index contributed by atoms with van der Waals surface area (Å²) in [6.07, 6.45) is 13.3. The van der Waals surface area contributed by atoms with Crippen molar-refractivity contribution in [3.63, 3.8) is 0 Å². The standard InChI is InChI=1S/C26H30O3/c1-27-19-9-15-25(23-11-5-3-6-12-23)17-21-29-22-18-26(16-10-20-28-2)24-13-7-4-8-14-24/h3-14,17-20H,15-16,21-22H2,1-2H3. The fraction of sp³-hybridized carbons (Fsp3) is 0.231. The quantitative estimate of drug-likeness (QED) is 0.316. The lowest BCUT2D eigenvalue weighted by Gasteiger charge is -2.08. The van der Waals surface area contributed by atoms with Crippen LogP contribution in [0.2, 0.25) is 0 Å². The zero-order valence-corrected chi connectivity index (χ0v) is 17.3. The minimum atomic E-state index is 0.553. The van der Waals surface area contributed by atoms with Crippen molar-refractivity contribution >= 4 is 11.1 Å². The summed E-state index contributed by atoms with van der Waals surface area (Å²) in [4.78, 5) is 0. The van der Waals surface area contributed by atoms with Crippen molar-refractivity contribution in [2.24, 2.45) is 0 Å². The van der Waals surface area contributed by atoms with Gasteiger partial charge in [-0.25, -0.2) is 0 Å². The van der Waals surface area contributed by atoms with E-state index in [2.05, 4.69) is 36.4 Å². The van der Waals surface area contributed by atoms with Gasteiger partial charge in [0.25, 0.3) is 0 Å². The number of benzene rings is 2. The van der Waals surface area contributed by atoms with Crippen LogP contribution in [0.4, 0.5) is 0 Å². The van der Waals surface area contributed by atoms with Crippen LogP contribution in [-0.2, 0) is 14.2 Å². The average Bonchev–Trinajstić information content (AvgIpc) is 2.78. The Hall–Kier alpha value is -3.04. The molecule has 0 spiro atoms. The number of hydrogen-bond donors (Lipinski definition) is 0. The highest BCUT2D eigenvalue weighted by Crippen LogP contribution is 2.20. The van der Waals surface area contributed by atoms with Gasteiger partial charge in [-0.05, 0) is 47.3 Å². The Kier molecular flexibility index (Phi) is 10.8. The number of allylic oxidation sites excluding steroid dienone is 4. The molecule has 0 aliphatic heterocycles. The van der Waals surface area contributed by atoms with Crippen molar-refractivity contribution < 1.29 is 14.2 Å². The van der Waals surface area contributed by atoms with E-state index in [1.165, 1.54) is 22.3 Å². The van der Waals surface area contributed by atoms with Crippen LogP contribution < -0.4 is 0 Å². The lowest BCUT2D eigenvalue weighted by atomic mass is 10.0. The van der Waals surface area contributed by atoms with Gasteiger partial charge in [-0.2, -0.15) is 0 Å². The van der Waals surface area contributed by atoms with Crippen molar-refractivity contribution in [3.05, 3.63) is 109 Å². The summed E-state index contributed by atoms with van der Waals surface area (Å²) in [6, 6.07) is 20.7. The molecule has 0 fully saturated rings. The second kappa shape index (κ2) is 14.0. The van der Waals surface area contributed by atoms with Gasteiger partial charge >= 0.3 is 0 Å². The first-order valence-electron chi connectivity index (χ1n) is 9.77. The predicted molar refractivity (Wildman–Crippen MR) is 121 cm³/mol. The molecule has 0 radical (unpaired) electrons. The van der Waals surface area contributed by atoms with E-state index >= 15 is 0 Å². The van der Waals surface area contributed by atoms with Gasteiger partial charge in [-0.15, -0.1) is 0 Å². The Morgan fingerprint density at radius 2 is 1.07 bits per heavy atom. The van der Waals surface area contributed by atoms with Gasteiger partial charge in [0.15, 0.2) is 0 Å². The van der Waals surface area contributed by atoms with E-state index in [1.54, 1.807) is 26.7 Å². The fourth-order valence-electron chi connectivity index (χ4n) is 2.87. The molecular formula is C26H30O3. The molecule has 0 N–H and O–H groups in total. The number of hydrogen-bond acceptors (Lipinski definition) is 3. The normalized spacial score (nSPS) is 12.6. The van der Waals surface area contributed by atoms with Gasteiger partial charge in [-0.3, -0.25) is 0 Å². The second-order valence-corrected chi connectivity index (χ2v) is 6.35. The van der Waals surface area contributed by atoms with Crippen LogP contribution in [0.5, 0.6) is 0 Å². The number of methoxy groups -OCH3 is 2. The highest BCUT2D eigenvalue weighted by Gasteiger charge is 2.01. The van der Waals surface area contributed by atoms with Gasteiger partial charge in [0.2, 0.25) is 0 Å². The molecule has 0 atom stereocenters. The molecule has 0 aliphatic carbocycles. The Bertz CT molecular complexity index is 733. The first-order chi connectivity index (χ1) is 14.3. The van der Waals surface area contributed by atoms with E-state index in [0.29, 0.717) is 13.2 Å². The third-order valence-corrected chi connectivity index (χ3v) is 4.32. The van der Waals surface area contributed by atoms with Crippen LogP contribution >= 0.6 is 0 Å². The maximum absolute atomic E-state index is 5.89. The Morgan fingerprint density at radius 1 is 0.655 bits per heavy atom. The van der Waals surface area contributed by atoms with Gasteiger partial charge in [0.05, 0.1) is 40.0 Å². The highest BCUT2D eigenvalue weighted by atomic mass is 16.5. The third kappa shape index (κ3) is 8.67. The molecule has 2 aromatic carbocycles. The van der Waals surface area contributed by atoms with Crippen LogP contribution in [0.1, 0.15) is 24.0 Å². The van der Waals surface area contributed by atoms with E-state index in [9.17, 15) is 0 Å². The minimum Gasteiger partial charge on any atom is -0.505 e. The lowest BCUT2D eigenvalue weighted by molar-refractivity contribution is 0.194. The zero-order chi connectivity index (χ0) is 20.6. The molecule has 2 aromatic rings. The summed E-state index contributed by atoms with van der Waals surface area (Å²) in [5.74, 6) is 0. The van der Waals surface area contributed by atoms with Gasteiger partial charge in [0.1, 0.15) is 0 Å². The largest absolute Gasteiger partial charge is 0.505 e. The Morgan fingerprint density at radius 3 is 1.45 bits per heavy atom. The van der Waals surface area contributed by atoms with Crippen molar-refractivity contribution in [2.45, 2.75) is 12.8 Å². The van der Waals surface area contributed by atoms with Gasteiger partial charge in [-0.1, -0.05) is 72.8 Å². The molecule has 0 saturated carbocycles. The minimum absolute atomic E-state index is 0.553. The summed E-state index contributed by atoms with van der Waals surface area (Å²) in [6.45, 7) is 1.11. The van der Waals surface area contributed by atoms with Crippen molar-refractivity contribution in [2.75, 3.05) is 27.4 Å². The van der Waals surface area contributed by atoms with E-state index in [4.69, 9.17) is 14.2 Å². The van der Waals surface area contributed by atoms with Crippen LogP contribution in [0.25, 0.3) is 11.1 Å². The summed E-state index contributed by atoms with van der Waals surface area (Å²) >= 11 is 0. The monoisotopic (exact) mass is 390 g/mol. The maximum Gasteiger partial charge on any atom is 0.0788 e. The molecule has 0 bridgehead atoms. The molecule has 152 valence electrons. The van der Waals surface area contributed by atoms with Crippen molar-refractivity contribution in [1.82, 2.24) is 0 Å². The second-order valence-electron chi connectivity index (χ2n) is 6.35. The maximum atomic E-state index is 5.89. The van der Waals surface area contributed by atoms with Crippen LogP contribution in [-0.4, -0.2) is 27.4 Å². The first kappa shape index (κ1) is 22.3. The number of ether oxygens (including phenoxy) is 3. The van der Waals surface area contributed by atoms with Crippen LogP contribution in [0, 0.1) is 0 Å². The zero-order valence-electron chi connectivity index (χ0n) is 17.3. The van der Waals surface area contributed by atoms with E-state index in [-0.39, 0.29) is 0 Å². The molecule has 3 nitrogen and oxygen atoms in total. The predicted octanol–water partition coefficient (Wildman–Crippen LogP) is 6.27. The fourth-order valence-corrected chi connectivity index (χ4v) is 2.87. The summed E-state index contributed by atoms with van der Waals surface area (Å²) in [5.41, 5.74) is 4.83. The van der Waals surface area contributed by atoms with E-state index in [1.807, 2.05) is 48.6 Å².